The molecule has 3 amide bonds. The molecule has 6 nitrogen and oxygen atoms in total. The molecule has 4 aliphatic heterocycles. The van der Waals surface area contributed by atoms with Gasteiger partial charge in [-0.15, -0.1) is 11.8 Å². The molecular weight excluding hydrogens is 326 g/mol. The maximum atomic E-state index is 13.2. The Morgan fingerprint density at radius 3 is 2.75 bits per heavy atom. The molecule has 7 heteroatoms. The van der Waals surface area contributed by atoms with Crippen LogP contribution < -0.4 is 4.90 Å². The number of para-hydroxylation sites is 1. The fourth-order valence-electron chi connectivity index (χ4n) is 4.57. The van der Waals surface area contributed by atoms with Crippen LogP contribution in [-0.4, -0.2) is 59.0 Å². The van der Waals surface area contributed by atoms with Crippen molar-refractivity contribution in [2.24, 2.45) is 0 Å². The summed E-state index contributed by atoms with van der Waals surface area (Å²) in [4.78, 5) is 43.1. The predicted octanol–water partition coefficient (Wildman–Crippen LogP) is 0.764. The lowest BCUT2D eigenvalue weighted by Crippen LogP contribution is -2.66. The van der Waals surface area contributed by atoms with E-state index in [1.165, 1.54) is 11.8 Å². The number of amides is 3. The van der Waals surface area contributed by atoms with Crippen molar-refractivity contribution >= 4 is 35.2 Å². The van der Waals surface area contributed by atoms with E-state index in [1.54, 1.807) is 21.7 Å². The summed E-state index contributed by atoms with van der Waals surface area (Å²) < 4.78 is 0. The lowest BCUT2D eigenvalue weighted by molar-refractivity contribution is -0.162. The first-order valence-corrected chi connectivity index (χ1v) is 9.21. The van der Waals surface area contributed by atoms with Gasteiger partial charge in [0.25, 0.3) is 5.91 Å². The first kappa shape index (κ1) is 14.3. The monoisotopic (exact) mass is 343 g/mol. The van der Waals surface area contributed by atoms with Crippen molar-refractivity contribution < 1.29 is 14.4 Å². The second-order valence-electron chi connectivity index (χ2n) is 6.75. The highest BCUT2D eigenvalue weighted by molar-refractivity contribution is 8.01. The molecular formula is C17H17N3O3S. The summed E-state index contributed by atoms with van der Waals surface area (Å²) in [5.74, 6) is 0.285. The van der Waals surface area contributed by atoms with Gasteiger partial charge >= 0.3 is 0 Å². The molecule has 1 aromatic rings. The van der Waals surface area contributed by atoms with E-state index in [0.29, 0.717) is 18.7 Å². The Labute approximate surface area is 143 Å². The number of carbonyl (C=O) groups is 3. The van der Waals surface area contributed by atoms with E-state index >= 15 is 0 Å². The van der Waals surface area contributed by atoms with Crippen LogP contribution in [0.25, 0.3) is 0 Å². The van der Waals surface area contributed by atoms with Crippen molar-refractivity contribution in [1.29, 1.82) is 0 Å². The van der Waals surface area contributed by atoms with Gasteiger partial charge in [0.05, 0.1) is 5.69 Å². The number of anilines is 1. The maximum absolute atomic E-state index is 13.2. The van der Waals surface area contributed by atoms with E-state index in [4.69, 9.17) is 0 Å². The number of likely N-dealkylation sites (N-methyl/N-ethyl adjacent to an activating group) is 1. The molecule has 3 saturated heterocycles. The number of carbonyl (C=O) groups excluding carboxylic acids is 3. The summed E-state index contributed by atoms with van der Waals surface area (Å²) in [6.07, 6.45) is 1.55. The minimum absolute atomic E-state index is 0.00121. The van der Waals surface area contributed by atoms with Gasteiger partial charge in [-0.25, -0.2) is 0 Å². The minimum Gasteiger partial charge on any atom is -0.329 e. The highest BCUT2D eigenvalue weighted by Crippen LogP contribution is 2.57. The number of nitrogens with zero attached hydrogens (tertiary/aromatic N) is 3. The zero-order valence-electron chi connectivity index (χ0n) is 13.3. The molecule has 4 heterocycles. The van der Waals surface area contributed by atoms with Gasteiger partial charge in [0, 0.05) is 24.9 Å². The smallest absolute Gasteiger partial charge is 0.268 e. The van der Waals surface area contributed by atoms with Crippen LogP contribution in [0.1, 0.15) is 18.4 Å². The molecule has 0 N–H and O–H groups in total. The van der Waals surface area contributed by atoms with Gasteiger partial charge in [-0.05, 0) is 18.9 Å². The Balaban J connectivity index is 1.70. The van der Waals surface area contributed by atoms with Gasteiger partial charge < -0.3 is 14.7 Å². The van der Waals surface area contributed by atoms with Crippen LogP contribution in [0.3, 0.4) is 0 Å². The lowest BCUT2D eigenvalue weighted by atomic mass is 9.99. The van der Waals surface area contributed by atoms with Gasteiger partial charge in [-0.2, -0.15) is 0 Å². The van der Waals surface area contributed by atoms with Crippen LogP contribution in [-0.2, 0) is 19.3 Å². The third-order valence-electron chi connectivity index (χ3n) is 5.67. The fourth-order valence-corrected chi connectivity index (χ4v) is 6.21. The molecule has 0 aliphatic carbocycles. The first-order valence-electron chi connectivity index (χ1n) is 8.22. The predicted molar refractivity (Wildman–Crippen MR) is 89.4 cm³/mol. The first-order chi connectivity index (χ1) is 11.6. The van der Waals surface area contributed by atoms with Crippen molar-refractivity contribution in [3.05, 3.63) is 29.8 Å². The van der Waals surface area contributed by atoms with Gasteiger partial charge in [-0.1, -0.05) is 18.2 Å². The average Bonchev–Trinajstić information content (AvgIpc) is 3.28. The van der Waals surface area contributed by atoms with Crippen LogP contribution in [0.2, 0.25) is 0 Å². The van der Waals surface area contributed by atoms with E-state index in [9.17, 15) is 14.4 Å². The third kappa shape index (κ3) is 1.43. The second-order valence-corrected chi connectivity index (χ2v) is 7.96. The number of rotatable bonds is 0. The Bertz CT molecular complexity index is 797. The van der Waals surface area contributed by atoms with E-state index in [2.05, 4.69) is 0 Å². The van der Waals surface area contributed by atoms with E-state index < -0.39 is 17.0 Å². The number of hydrogen-bond donors (Lipinski definition) is 0. The normalized spacial score (nSPS) is 34.2. The number of thioether (sulfide) groups is 1. The Hall–Kier alpha value is -2.02. The van der Waals surface area contributed by atoms with Crippen LogP contribution in [0.5, 0.6) is 0 Å². The quantitative estimate of drug-likeness (QED) is 0.698. The fraction of sp³-hybridized carbons (Fsp3) is 0.471. The third-order valence-corrected chi connectivity index (χ3v) is 7.16. The van der Waals surface area contributed by atoms with Crippen molar-refractivity contribution in [3.63, 3.8) is 0 Å². The zero-order chi connectivity index (χ0) is 16.6. The van der Waals surface area contributed by atoms with Gasteiger partial charge in [0.1, 0.15) is 12.1 Å². The largest absolute Gasteiger partial charge is 0.329 e. The van der Waals surface area contributed by atoms with Crippen LogP contribution in [0.15, 0.2) is 24.3 Å². The van der Waals surface area contributed by atoms with Crippen molar-refractivity contribution in [3.8, 4) is 0 Å². The highest BCUT2D eigenvalue weighted by Gasteiger charge is 2.66. The number of piperazine rings is 1. The molecule has 124 valence electrons. The highest BCUT2D eigenvalue weighted by atomic mass is 32.2. The molecule has 0 bridgehead atoms. The van der Waals surface area contributed by atoms with E-state index in [-0.39, 0.29) is 17.7 Å². The molecule has 3 fully saturated rings. The summed E-state index contributed by atoms with van der Waals surface area (Å²) in [6, 6.07) is 6.66. The van der Waals surface area contributed by atoms with Crippen molar-refractivity contribution in [2.45, 2.75) is 29.8 Å². The Kier molecular flexibility index (Phi) is 2.71. The topological polar surface area (TPSA) is 60.9 Å². The zero-order valence-corrected chi connectivity index (χ0v) is 14.1. The molecule has 0 aromatic heterocycles. The molecule has 1 aromatic carbocycles. The summed E-state index contributed by atoms with van der Waals surface area (Å²) in [6.45, 7) is 0.654. The summed E-state index contributed by atoms with van der Waals surface area (Å²) >= 11 is 1.42. The SMILES string of the molecule is CN1C(=O)[C@]2(SC[C@H]3C(=O)N4CCC[C@H]4C(=O)N32)c2ccccc21. The maximum Gasteiger partial charge on any atom is 0.268 e. The summed E-state index contributed by atoms with van der Waals surface area (Å²) in [7, 11) is 1.74. The minimum atomic E-state index is -1.07. The molecule has 0 saturated carbocycles. The Morgan fingerprint density at radius 2 is 1.92 bits per heavy atom. The standard InChI is InChI=1S/C17H17N3O3S/c1-18-11-6-3-2-5-10(11)17(16(18)23)20-13(9-24-17)14(21)19-8-4-7-12(19)15(20)22/h2-3,5-6,12-13H,4,7-9H2,1H3/t12-,13-,17+/m0/s1. The van der Waals surface area contributed by atoms with E-state index in [0.717, 1.165) is 17.7 Å². The van der Waals surface area contributed by atoms with Crippen LogP contribution in [0.4, 0.5) is 5.69 Å². The van der Waals surface area contributed by atoms with Gasteiger partial charge in [-0.3, -0.25) is 14.4 Å². The van der Waals surface area contributed by atoms with Crippen molar-refractivity contribution in [2.75, 3.05) is 24.2 Å². The molecule has 0 radical (unpaired) electrons. The molecule has 24 heavy (non-hydrogen) atoms. The van der Waals surface area contributed by atoms with Gasteiger partial charge in [0.2, 0.25) is 11.8 Å². The number of fused-ring (bicyclic) bond motifs is 5. The summed E-state index contributed by atoms with van der Waals surface area (Å²) in [5, 5.41) is 0. The van der Waals surface area contributed by atoms with Gasteiger partial charge in [0.15, 0.2) is 4.87 Å². The summed E-state index contributed by atoms with van der Waals surface area (Å²) in [5.41, 5.74) is 1.65. The number of hydrogen-bond acceptors (Lipinski definition) is 4. The molecule has 4 aliphatic rings. The van der Waals surface area contributed by atoms with Crippen LogP contribution >= 0.6 is 11.8 Å². The molecule has 1 spiro atoms. The average molecular weight is 343 g/mol. The molecule has 0 unspecified atom stereocenters. The lowest BCUT2D eigenvalue weighted by Gasteiger charge is -2.43. The van der Waals surface area contributed by atoms with E-state index in [1.807, 2.05) is 24.3 Å². The second kappa shape index (κ2) is 4.53. The van der Waals surface area contributed by atoms with Crippen molar-refractivity contribution in [1.82, 2.24) is 9.80 Å². The number of benzene rings is 1. The van der Waals surface area contributed by atoms with Crippen LogP contribution in [0, 0.1) is 0 Å². The molecule has 5 rings (SSSR count). The Morgan fingerprint density at radius 1 is 1.12 bits per heavy atom. The molecule has 3 atom stereocenters.